The first-order valence-electron chi connectivity index (χ1n) is 5.86. The highest BCUT2D eigenvalue weighted by atomic mass is 32.2. The molecular weight excluding hydrogens is 280 g/mol. The van der Waals surface area contributed by atoms with Crippen LogP contribution in [0.4, 0.5) is 5.69 Å². The van der Waals surface area contributed by atoms with E-state index >= 15 is 0 Å². The van der Waals surface area contributed by atoms with Crippen LogP contribution in [0.3, 0.4) is 0 Å². The Labute approximate surface area is 117 Å². The second kappa shape index (κ2) is 5.51. The van der Waals surface area contributed by atoms with E-state index in [1.54, 1.807) is 25.4 Å². The number of aryl methyl sites for hydroxylation is 1. The van der Waals surface area contributed by atoms with Crippen LogP contribution in [-0.4, -0.2) is 25.5 Å². The minimum Gasteiger partial charge on any atom is -0.495 e. The molecule has 0 atom stereocenters. The molecule has 1 heterocycles. The minimum absolute atomic E-state index is 0.00894. The molecule has 1 aromatic heterocycles. The van der Waals surface area contributed by atoms with Crippen molar-refractivity contribution in [3.8, 4) is 5.75 Å². The number of imidazole rings is 1. The zero-order valence-corrected chi connectivity index (χ0v) is 12.0. The number of methoxy groups -OCH3 is 1. The third-order valence-electron chi connectivity index (χ3n) is 2.83. The molecule has 0 spiro atoms. The normalized spacial score (nSPS) is 11.5. The lowest BCUT2D eigenvalue weighted by molar-refractivity contribution is 0.402. The van der Waals surface area contributed by atoms with Crippen LogP contribution in [0.15, 0.2) is 29.4 Å². The number of hydrogen-bond acceptors (Lipinski definition) is 5. The monoisotopic (exact) mass is 296 g/mol. The summed E-state index contributed by atoms with van der Waals surface area (Å²) in [6.07, 6.45) is 3.17. The zero-order valence-electron chi connectivity index (χ0n) is 11.2. The molecule has 0 amide bonds. The van der Waals surface area contributed by atoms with E-state index in [9.17, 15) is 8.42 Å². The Balaban J connectivity index is 2.31. The first-order chi connectivity index (χ1) is 9.44. The van der Waals surface area contributed by atoms with Crippen molar-refractivity contribution in [1.82, 2.24) is 14.7 Å². The van der Waals surface area contributed by atoms with Gasteiger partial charge in [-0.2, -0.15) is 0 Å². The second-order valence-corrected chi connectivity index (χ2v) is 5.96. The summed E-state index contributed by atoms with van der Waals surface area (Å²) in [6, 6.07) is 2.98. The Hall–Kier alpha value is -2.06. The molecule has 2 aromatic rings. The third kappa shape index (κ3) is 2.91. The first-order valence-corrected chi connectivity index (χ1v) is 7.34. The molecule has 20 heavy (non-hydrogen) atoms. The molecule has 108 valence electrons. The number of rotatable bonds is 5. The number of H-pyrrole nitrogens is 1. The summed E-state index contributed by atoms with van der Waals surface area (Å²) >= 11 is 0. The van der Waals surface area contributed by atoms with Gasteiger partial charge in [0.05, 0.1) is 13.7 Å². The molecular formula is C12H16N4O3S. The Morgan fingerprint density at radius 1 is 1.45 bits per heavy atom. The van der Waals surface area contributed by atoms with Gasteiger partial charge in [-0.3, -0.25) is 0 Å². The number of ether oxygens (including phenoxy) is 1. The van der Waals surface area contributed by atoms with Crippen molar-refractivity contribution >= 4 is 15.7 Å². The van der Waals surface area contributed by atoms with E-state index in [4.69, 9.17) is 10.5 Å². The van der Waals surface area contributed by atoms with E-state index in [0.29, 0.717) is 11.5 Å². The van der Waals surface area contributed by atoms with E-state index in [2.05, 4.69) is 14.7 Å². The molecule has 0 radical (unpaired) electrons. The maximum atomic E-state index is 12.3. The summed E-state index contributed by atoms with van der Waals surface area (Å²) in [4.78, 5) is 6.77. The summed E-state index contributed by atoms with van der Waals surface area (Å²) in [5, 5.41) is 0. The van der Waals surface area contributed by atoms with E-state index in [1.165, 1.54) is 13.2 Å². The number of aromatic amines is 1. The van der Waals surface area contributed by atoms with E-state index < -0.39 is 10.0 Å². The fourth-order valence-corrected chi connectivity index (χ4v) is 2.85. The number of sulfonamides is 1. The van der Waals surface area contributed by atoms with Crippen molar-refractivity contribution in [2.24, 2.45) is 0 Å². The Kier molecular flexibility index (Phi) is 3.96. The highest BCUT2D eigenvalue weighted by molar-refractivity contribution is 7.89. The van der Waals surface area contributed by atoms with Gasteiger partial charge in [-0.05, 0) is 24.6 Å². The van der Waals surface area contributed by atoms with Gasteiger partial charge in [0, 0.05) is 18.1 Å². The molecule has 0 aliphatic carbocycles. The molecule has 0 aliphatic heterocycles. The standard InChI is InChI=1S/C12H16N4O3S/c1-8-5-10(19-2)11(6-9(8)13)20(17,18)16-7-12-14-3-4-15-12/h3-6,16H,7,13H2,1-2H3,(H,14,15). The summed E-state index contributed by atoms with van der Waals surface area (Å²) in [7, 11) is -2.32. The van der Waals surface area contributed by atoms with E-state index in [-0.39, 0.29) is 17.2 Å². The number of anilines is 1. The van der Waals surface area contributed by atoms with Gasteiger partial charge in [-0.15, -0.1) is 0 Å². The third-order valence-corrected chi connectivity index (χ3v) is 4.25. The quantitative estimate of drug-likeness (QED) is 0.706. The van der Waals surface area contributed by atoms with Gasteiger partial charge in [-0.1, -0.05) is 0 Å². The van der Waals surface area contributed by atoms with E-state index in [0.717, 1.165) is 5.56 Å². The van der Waals surface area contributed by atoms with Crippen molar-refractivity contribution in [1.29, 1.82) is 0 Å². The SMILES string of the molecule is COc1cc(C)c(N)cc1S(=O)(=O)NCc1ncc[nH]1. The highest BCUT2D eigenvalue weighted by Crippen LogP contribution is 2.28. The van der Waals surface area contributed by atoms with E-state index in [1.807, 2.05) is 0 Å². The fraction of sp³-hybridized carbons (Fsp3) is 0.250. The fourth-order valence-electron chi connectivity index (χ4n) is 1.68. The van der Waals surface area contributed by atoms with Gasteiger partial charge in [0.25, 0.3) is 0 Å². The molecule has 4 N–H and O–H groups in total. The molecule has 0 aliphatic rings. The first kappa shape index (κ1) is 14.4. The molecule has 0 unspecified atom stereocenters. The number of aromatic nitrogens is 2. The summed E-state index contributed by atoms with van der Waals surface area (Å²) in [6.45, 7) is 1.84. The second-order valence-electron chi connectivity index (χ2n) is 4.22. The largest absolute Gasteiger partial charge is 0.495 e. The topological polar surface area (TPSA) is 110 Å². The average Bonchev–Trinajstić information content (AvgIpc) is 2.92. The van der Waals surface area contributed by atoms with Crippen molar-refractivity contribution in [3.63, 3.8) is 0 Å². The number of nitrogens with zero attached hydrogens (tertiary/aromatic N) is 1. The van der Waals surface area contributed by atoms with Crippen molar-refractivity contribution in [3.05, 3.63) is 35.9 Å². The lowest BCUT2D eigenvalue weighted by Crippen LogP contribution is -2.24. The van der Waals surface area contributed by atoms with Gasteiger partial charge in [0.1, 0.15) is 16.5 Å². The molecule has 7 nitrogen and oxygen atoms in total. The predicted molar refractivity (Wildman–Crippen MR) is 74.8 cm³/mol. The van der Waals surface area contributed by atoms with Crippen LogP contribution in [0, 0.1) is 6.92 Å². The van der Waals surface area contributed by atoms with Crippen LogP contribution in [0.1, 0.15) is 11.4 Å². The van der Waals surface area contributed by atoms with Gasteiger partial charge in [-0.25, -0.2) is 18.1 Å². The summed E-state index contributed by atoms with van der Waals surface area (Å²) in [5.41, 5.74) is 6.91. The maximum absolute atomic E-state index is 12.3. The smallest absolute Gasteiger partial charge is 0.244 e. The van der Waals surface area contributed by atoms with Gasteiger partial charge in [0.15, 0.2) is 0 Å². The van der Waals surface area contributed by atoms with Crippen molar-refractivity contribution in [2.75, 3.05) is 12.8 Å². The van der Waals surface area contributed by atoms with Crippen LogP contribution in [0.25, 0.3) is 0 Å². The Morgan fingerprint density at radius 2 is 2.20 bits per heavy atom. The molecule has 1 aromatic carbocycles. The number of nitrogen functional groups attached to an aromatic ring is 1. The van der Waals surface area contributed by atoms with Crippen LogP contribution >= 0.6 is 0 Å². The van der Waals surface area contributed by atoms with Crippen LogP contribution < -0.4 is 15.2 Å². The summed E-state index contributed by atoms with van der Waals surface area (Å²) < 4.78 is 32.1. The van der Waals surface area contributed by atoms with Crippen LogP contribution in [0.2, 0.25) is 0 Å². The van der Waals surface area contributed by atoms with Gasteiger partial charge < -0.3 is 15.5 Å². The molecule has 2 rings (SSSR count). The summed E-state index contributed by atoms with van der Waals surface area (Å²) in [5.74, 6) is 0.774. The Bertz CT molecular complexity index is 696. The molecule has 8 heteroatoms. The lowest BCUT2D eigenvalue weighted by Gasteiger charge is -2.12. The number of nitrogens with one attached hydrogen (secondary N) is 2. The Morgan fingerprint density at radius 3 is 2.80 bits per heavy atom. The lowest BCUT2D eigenvalue weighted by atomic mass is 10.2. The number of hydrogen-bond donors (Lipinski definition) is 3. The number of benzene rings is 1. The zero-order chi connectivity index (χ0) is 14.8. The van der Waals surface area contributed by atoms with Crippen LogP contribution in [0.5, 0.6) is 5.75 Å². The van der Waals surface area contributed by atoms with Gasteiger partial charge in [0.2, 0.25) is 10.0 Å². The molecule has 0 saturated carbocycles. The minimum atomic E-state index is -3.73. The molecule has 0 fully saturated rings. The number of nitrogens with two attached hydrogens (primary N) is 1. The van der Waals surface area contributed by atoms with Crippen LogP contribution in [-0.2, 0) is 16.6 Å². The van der Waals surface area contributed by atoms with Crippen molar-refractivity contribution < 1.29 is 13.2 Å². The maximum Gasteiger partial charge on any atom is 0.244 e. The highest BCUT2D eigenvalue weighted by Gasteiger charge is 2.21. The molecule has 0 saturated heterocycles. The average molecular weight is 296 g/mol. The van der Waals surface area contributed by atoms with Crippen molar-refractivity contribution in [2.45, 2.75) is 18.4 Å². The molecule has 0 bridgehead atoms. The van der Waals surface area contributed by atoms with Gasteiger partial charge >= 0.3 is 0 Å². The predicted octanol–water partition coefficient (Wildman–Crippen LogP) is 0.787.